The largest absolute Gasteiger partial charge is 0.438 e. The maximum Gasteiger partial charge on any atom is 0.253 e. The number of rotatable bonds is 4. The van der Waals surface area contributed by atoms with E-state index in [9.17, 15) is 9.18 Å². The monoisotopic (exact) mass is 311 g/mol. The molecule has 6 heteroatoms. The number of nitrogens with one attached hydrogen (secondary N) is 1. The Morgan fingerprint density at radius 3 is 2.70 bits per heavy atom. The molecular formula is C17H14FN3O2. The lowest BCUT2D eigenvalue weighted by Gasteiger charge is -2.10. The molecule has 0 bridgehead atoms. The highest BCUT2D eigenvalue weighted by molar-refractivity contribution is 5.93. The molecule has 0 fully saturated rings. The van der Waals surface area contributed by atoms with Gasteiger partial charge in [-0.05, 0) is 43.3 Å². The van der Waals surface area contributed by atoms with Crippen molar-refractivity contribution in [1.82, 2.24) is 15.3 Å². The number of halogens is 1. The summed E-state index contributed by atoms with van der Waals surface area (Å²) in [5.74, 6) is 0.321. The van der Waals surface area contributed by atoms with Gasteiger partial charge in [-0.2, -0.15) is 0 Å². The molecule has 2 heterocycles. The molecule has 1 aromatic carbocycles. The van der Waals surface area contributed by atoms with Crippen molar-refractivity contribution >= 4 is 5.91 Å². The molecule has 0 radical (unpaired) electrons. The average molecular weight is 311 g/mol. The van der Waals surface area contributed by atoms with Crippen molar-refractivity contribution in [2.24, 2.45) is 0 Å². The van der Waals surface area contributed by atoms with Crippen molar-refractivity contribution in [1.29, 1.82) is 0 Å². The van der Waals surface area contributed by atoms with Gasteiger partial charge in [0.25, 0.3) is 5.91 Å². The summed E-state index contributed by atoms with van der Waals surface area (Å²) < 4.78 is 18.6. The zero-order chi connectivity index (χ0) is 16.2. The summed E-state index contributed by atoms with van der Waals surface area (Å²) in [6.45, 7) is 1.77. The van der Waals surface area contributed by atoms with Crippen molar-refractivity contribution < 1.29 is 13.6 Å². The first kappa shape index (κ1) is 14.9. The highest BCUT2D eigenvalue weighted by Gasteiger charge is 2.16. The molecule has 0 aliphatic carbocycles. The second-order valence-electron chi connectivity index (χ2n) is 5.01. The fourth-order valence-electron chi connectivity index (χ4n) is 2.07. The van der Waals surface area contributed by atoms with E-state index in [1.165, 1.54) is 18.3 Å². The van der Waals surface area contributed by atoms with E-state index in [1.54, 1.807) is 43.6 Å². The van der Waals surface area contributed by atoms with E-state index in [1.807, 2.05) is 0 Å². The average Bonchev–Trinajstić information content (AvgIpc) is 3.06. The van der Waals surface area contributed by atoms with E-state index < -0.39 is 6.04 Å². The number of carbonyl (C=O) groups excluding carboxylic acids is 1. The van der Waals surface area contributed by atoms with Crippen LogP contribution in [0.2, 0.25) is 0 Å². The molecule has 0 aliphatic heterocycles. The van der Waals surface area contributed by atoms with E-state index in [-0.39, 0.29) is 11.7 Å². The Labute approximate surface area is 132 Å². The minimum atomic E-state index is -0.406. The van der Waals surface area contributed by atoms with Crippen LogP contribution in [0.3, 0.4) is 0 Å². The summed E-state index contributed by atoms with van der Waals surface area (Å²) in [6.07, 6.45) is 4.64. The topological polar surface area (TPSA) is 68.0 Å². The predicted octanol–water partition coefficient (Wildman–Crippen LogP) is 3.37. The molecule has 0 saturated heterocycles. The van der Waals surface area contributed by atoms with Crippen LogP contribution in [-0.2, 0) is 0 Å². The molecule has 5 nitrogen and oxygen atoms in total. The second-order valence-corrected chi connectivity index (χ2v) is 5.01. The van der Waals surface area contributed by atoms with Crippen LogP contribution in [0.5, 0.6) is 0 Å². The van der Waals surface area contributed by atoms with Crippen molar-refractivity contribution in [3.8, 4) is 11.3 Å². The molecule has 1 unspecified atom stereocenters. The number of aromatic nitrogens is 2. The van der Waals surface area contributed by atoms with Crippen molar-refractivity contribution in [3.05, 3.63) is 72.3 Å². The Morgan fingerprint density at radius 2 is 2.00 bits per heavy atom. The minimum Gasteiger partial charge on any atom is -0.438 e. The van der Waals surface area contributed by atoms with Crippen LogP contribution >= 0.6 is 0 Å². The summed E-state index contributed by atoms with van der Waals surface area (Å²) in [5, 5.41) is 2.79. The Bertz CT molecular complexity index is 800. The Balaban J connectivity index is 1.72. The zero-order valence-corrected chi connectivity index (χ0v) is 12.4. The van der Waals surface area contributed by atoms with Gasteiger partial charge in [0, 0.05) is 18.0 Å². The summed E-state index contributed by atoms with van der Waals surface area (Å²) >= 11 is 0. The third-order valence-corrected chi connectivity index (χ3v) is 3.29. The normalized spacial score (nSPS) is 11.9. The molecule has 3 rings (SSSR count). The summed E-state index contributed by atoms with van der Waals surface area (Å²) in [7, 11) is 0. The highest BCUT2D eigenvalue weighted by Crippen LogP contribution is 2.23. The van der Waals surface area contributed by atoms with Crippen LogP contribution in [0.1, 0.15) is 29.2 Å². The van der Waals surface area contributed by atoms with E-state index in [0.717, 1.165) is 5.56 Å². The van der Waals surface area contributed by atoms with Crippen LogP contribution in [0.25, 0.3) is 11.3 Å². The van der Waals surface area contributed by atoms with Gasteiger partial charge in [-0.25, -0.2) is 9.37 Å². The van der Waals surface area contributed by atoms with Crippen LogP contribution < -0.4 is 5.32 Å². The lowest BCUT2D eigenvalue weighted by Crippen LogP contribution is -2.26. The Hall–Kier alpha value is -3.02. The summed E-state index contributed by atoms with van der Waals surface area (Å²) in [5.41, 5.74) is 1.18. The minimum absolute atomic E-state index is 0.257. The van der Waals surface area contributed by atoms with Crippen molar-refractivity contribution in [2.45, 2.75) is 13.0 Å². The van der Waals surface area contributed by atoms with E-state index in [0.29, 0.717) is 17.2 Å². The molecule has 116 valence electrons. The molecule has 0 aliphatic rings. The van der Waals surface area contributed by atoms with Crippen LogP contribution in [0.4, 0.5) is 4.39 Å². The molecular weight excluding hydrogens is 297 g/mol. The molecule has 0 spiro atoms. The smallest absolute Gasteiger partial charge is 0.253 e. The third-order valence-electron chi connectivity index (χ3n) is 3.29. The maximum absolute atomic E-state index is 12.9. The predicted molar refractivity (Wildman–Crippen MR) is 82.0 cm³/mol. The molecule has 1 atom stereocenters. The van der Waals surface area contributed by atoms with Crippen molar-refractivity contribution in [3.63, 3.8) is 0 Å². The first-order valence-electron chi connectivity index (χ1n) is 7.06. The number of oxazole rings is 1. The lowest BCUT2D eigenvalue weighted by atomic mass is 10.2. The standard InChI is InChI=1S/C17H14FN3O2/c1-11(21-16(22)13-3-2-8-19-9-13)17-20-10-15(23-17)12-4-6-14(18)7-5-12/h2-11H,1H3,(H,21,22). The van der Waals surface area contributed by atoms with Crippen LogP contribution in [-0.4, -0.2) is 15.9 Å². The van der Waals surface area contributed by atoms with Gasteiger partial charge in [0.2, 0.25) is 5.89 Å². The number of hydrogen-bond donors (Lipinski definition) is 1. The van der Waals surface area contributed by atoms with E-state index in [2.05, 4.69) is 15.3 Å². The zero-order valence-electron chi connectivity index (χ0n) is 12.4. The van der Waals surface area contributed by atoms with Gasteiger partial charge in [0.15, 0.2) is 5.76 Å². The number of amides is 1. The number of hydrogen-bond acceptors (Lipinski definition) is 4. The lowest BCUT2D eigenvalue weighted by molar-refractivity contribution is 0.0934. The number of nitrogens with zero attached hydrogens (tertiary/aromatic N) is 2. The molecule has 23 heavy (non-hydrogen) atoms. The molecule has 1 amide bonds. The third kappa shape index (κ3) is 3.42. The van der Waals surface area contributed by atoms with Gasteiger partial charge in [-0.1, -0.05) is 0 Å². The maximum atomic E-state index is 12.9. The summed E-state index contributed by atoms with van der Waals surface area (Å²) in [6, 6.07) is 8.89. The van der Waals surface area contributed by atoms with E-state index in [4.69, 9.17) is 4.42 Å². The van der Waals surface area contributed by atoms with Crippen molar-refractivity contribution in [2.75, 3.05) is 0 Å². The van der Waals surface area contributed by atoms with Gasteiger partial charge < -0.3 is 9.73 Å². The number of benzene rings is 1. The van der Waals surface area contributed by atoms with Gasteiger partial charge >= 0.3 is 0 Å². The van der Waals surface area contributed by atoms with Gasteiger partial charge in [-0.15, -0.1) is 0 Å². The van der Waals surface area contributed by atoms with E-state index >= 15 is 0 Å². The molecule has 0 saturated carbocycles. The first-order chi connectivity index (χ1) is 11.1. The van der Waals surface area contributed by atoms with Crippen LogP contribution in [0, 0.1) is 5.82 Å². The van der Waals surface area contributed by atoms with Gasteiger partial charge in [0.1, 0.15) is 11.9 Å². The SMILES string of the molecule is CC(NC(=O)c1cccnc1)c1ncc(-c2ccc(F)cc2)o1. The molecule has 1 N–H and O–H groups in total. The van der Waals surface area contributed by atoms with Gasteiger partial charge in [-0.3, -0.25) is 9.78 Å². The second kappa shape index (κ2) is 6.39. The Morgan fingerprint density at radius 1 is 1.22 bits per heavy atom. The Kier molecular flexibility index (Phi) is 4.14. The first-order valence-corrected chi connectivity index (χ1v) is 7.06. The highest BCUT2D eigenvalue weighted by atomic mass is 19.1. The quantitative estimate of drug-likeness (QED) is 0.802. The molecule has 2 aromatic heterocycles. The van der Waals surface area contributed by atoms with Crippen LogP contribution in [0.15, 0.2) is 59.4 Å². The number of carbonyl (C=O) groups is 1. The van der Waals surface area contributed by atoms with Gasteiger partial charge in [0.05, 0.1) is 11.8 Å². The number of pyridine rings is 1. The fourth-order valence-corrected chi connectivity index (χ4v) is 2.07. The summed E-state index contributed by atoms with van der Waals surface area (Å²) in [4.78, 5) is 20.2. The molecule has 3 aromatic rings. The fraction of sp³-hybridized carbons (Fsp3) is 0.118.